The predicted octanol–water partition coefficient (Wildman–Crippen LogP) is 3.07. The molecule has 1 N–H and O–H groups in total. The van der Waals surface area contributed by atoms with Crippen molar-refractivity contribution < 1.29 is 19.0 Å². The minimum absolute atomic E-state index is 0.0980. The largest absolute Gasteiger partial charge is 0.390 e. The van der Waals surface area contributed by atoms with Crippen LogP contribution in [-0.4, -0.2) is 29.7 Å². The Kier molecular flexibility index (Phi) is 3.75. The number of aliphatic hydroxyl groups is 1. The first-order valence-electron chi connectivity index (χ1n) is 6.95. The molecule has 1 aromatic rings. The van der Waals surface area contributed by atoms with Crippen molar-refractivity contribution in [2.24, 2.45) is 0 Å². The van der Waals surface area contributed by atoms with Crippen molar-refractivity contribution in [2.45, 2.75) is 43.5 Å². The Morgan fingerprint density at radius 3 is 2.40 bits per heavy atom. The van der Waals surface area contributed by atoms with E-state index in [1.165, 1.54) is 6.07 Å². The van der Waals surface area contributed by atoms with E-state index in [2.05, 4.69) is 0 Å². The Morgan fingerprint density at radius 1 is 1.15 bits per heavy atom. The lowest BCUT2D eigenvalue weighted by Crippen LogP contribution is -2.44. The van der Waals surface area contributed by atoms with E-state index in [9.17, 15) is 9.50 Å². The minimum Gasteiger partial charge on any atom is -0.390 e. The van der Waals surface area contributed by atoms with Crippen LogP contribution in [-0.2, 0) is 15.9 Å². The molecule has 0 aromatic heterocycles. The maximum absolute atomic E-state index is 13.1. The van der Waals surface area contributed by atoms with Gasteiger partial charge in [-0.2, -0.15) is 0 Å². The molecule has 1 aliphatic carbocycles. The summed E-state index contributed by atoms with van der Waals surface area (Å²) >= 11 is 5.78. The summed E-state index contributed by atoms with van der Waals surface area (Å²) in [6.07, 6.45) is 3.09. The molecule has 3 rings (SSSR count). The van der Waals surface area contributed by atoms with Gasteiger partial charge < -0.3 is 14.6 Å². The Hall–Kier alpha value is -0.680. The fraction of sp³-hybridized carbons (Fsp3) is 0.600. The van der Waals surface area contributed by atoms with Gasteiger partial charge in [0.2, 0.25) is 0 Å². The van der Waals surface area contributed by atoms with Crippen LogP contribution in [0.25, 0.3) is 0 Å². The second-order valence-electron chi connectivity index (χ2n) is 5.76. The normalized spacial score (nSPS) is 24.1. The number of ether oxygens (including phenoxy) is 2. The highest BCUT2D eigenvalue weighted by Crippen LogP contribution is 2.41. The van der Waals surface area contributed by atoms with Gasteiger partial charge in [-0.25, -0.2) is 4.39 Å². The third-order valence-corrected chi connectivity index (χ3v) is 4.56. The number of halogens is 2. The number of hydrogen-bond acceptors (Lipinski definition) is 3. The summed E-state index contributed by atoms with van der Waals surface area (Å²) < 4.78 is 24.5. The van der Waals surface area contributed by atoms with Gasteiger partial charge in [-0.05, 0) is 30.5 Å². The molecule has 1 heterocycles. The van der Waals surface area contributed by atoms with Gasteiger partial charge in [0.1, 0.15) is 5.82 Å². The number of benzene rings is 1. The van der Waals surface area contributed by atoms with Crippen LogP contribution in [0, 0.1) is 5.82 Å². The van der Waals surface area contributed by atoms with Gasteiger partial charge in [0.05, 0.1) is 23.8 Å². The van der Waals surface area contributed by atoms with Crippen molar-refractivity contribution in [1.82, 2.24) is 0 Å². The molecule has 1 spiro atoms. The lowest BCUT2D eigenvalue weighted by molar-refractivity contribution is -0.202. The van der Waals surface area contributed by atoms with Crippen LogP contribution in [0.2, 0.25) is 5.02 Å². The molecule has 0 bridgehead atoms. The monoisotopic (exact) mass is 300 g/mol. The Labute approximate surface area is 122 Å². The van der Waals surface area contributed by atoms with Crippen molar-refractivity contribution >= 4 is 11.6 Å². The zero-order valence-electron chi connectivity index (χ0n) is 11.2. The van der Waals surface area contributed by atoms with Crippen LogP contribution >= 0.6 is 11.6 Å². The summed E-state index contributed by atoms with van der Waals surface area (Å²) in [6, 6.07) is 4.60. The van der Waals surface area contributed by atoms with Crippen LogP contribution in [0.5, 0.6) is 0 Å². The van der Waals surface area contributed by atoms with Gasteiger partial charge in [-0.15, -0.1) is 0 Å². The van der Waals surface area contributed by atoms with Crippen molar-refractivity contribution in [1.29, 1.82) is 0 Å². The third-order valence-electron chi connectivity index (χ3n) is 4.27. The molecular weight excluding hydrogens is 283 g/mol. The molecule has 0 amide bonds. The summed E-state index contributed by atoms with van der Waals surface area (Å²) in [5.74, 6) is -0.912. The van der Waals surface area contributed by atoms with E-state index in [1.807, 2.05) is 0 Å². The molecule has 0 radical (unpaired) electrons. The van der Waals surface area contributed by atoms with E-state index in [0.717, 1.165) is 5.56 Å². The van der Waals surface area contributed by atoms with E-state index in [1.54, 1.807) is 12.1 Å². The SMILES string of the molecule is OC1(Cc2ccc(F)c(Cl)c2)CCC2(CC1)OCCO2. The van der Waals surface area contributed by atoms with E-state index in [-0.39, 0.29) is 5.02 Å². The van der Waals surface area contributed by atoms with Crippen molar-refractivity contribution in [3.05, 3.63) is 34.6 Å². The fourth-order valence-electron chi connectivity index (χ4n) is 3.09. The van der Waals surface area contributed by atoms with Crippen LogP contribution in [0.3, 0.4) is 0 Å². The lowest BCUT2D eigenvalue weighted by atomic mass is 9.78. The highest BCUT2D eigenvalue weighted by molar-refractivity contribution is 6.30. The highest BCUT2D eigenvalue weighted by Gasteiger charge is 2.45. The number of rotatable bonds is 2. The lowest BCUT2D eigenvalue weighted by Gasteiger charge is -2.40. The maximum Gasteiger partial charge on any atom is 0.168 e. The van der Waals surface area contributed by atoms with Crippen molar-refractivity contribution in [3.63, 3.8) is 0 Å². The third kappa shape index (κ3) is 2.84. The summed E-state index contributed by atoms with van der Waals surface area (Å²) in [4.78, 5) is 0. The highest BCUT2D eigenvalue weighted by atomic mass is 35.5. The second kappa shape index (κ2) is 5.26. The van der Waals surface area contributed by atoms with Gasteiger partial charge >= 0.3 is 0 Å². The van der Waals surface area contributed by atoms with Crippen LogP contribution in [0.15, 0.2) is 18.2 Å². The second-order valence-corrected chi connectivity index (χ2v) is 6.16. The van der Waals surface area contributed by atoms with Crippen LogP contribution in [0.1, 0.15) is 31.2 Å². The van der Waals surface area contributed by atoms with Gasteiger partial charge in [0, 0.05) is 19.3 Å². The molecule has 20 heavy (non-hydrogen) atoms. The molecule has 1 saturated carbocycles. The van der Waals surface area contributed by atoms with Gasteiger partial charge in [-0.1, -0.05) is 17.7 Å². The first-order chi connectivity index (χ1) is 9.50. The van der Waals surface area contributed by atoms with Gasteiger partial charge in [0.25, 0.3) is 0 Å². The summed E-state index contributed by atoms with van der Waals surface area (Å²) in [7, 11) is 0. The molecule has 0 unspecified atom stereocenters. The van der Waals surface area contributed by atoms with E-state index < -0.39 is 17.2 Å². The molecular formula is C15H18ClFO3. The smallest absolute Gasteiger partial charge is 0.168 e. The molecule has 2 aliphatic rings. The first kappa shape index (κ1) is 14.3. The first-order valence-corrected chi connectivity index (χ1v) is 7.32. The molecule has 1 aromatic carbocycles. The van der Waals surface area contributed by atoms with E-state index >= 15 is 0 Å². The average molecular weight is 301 g/mol. The van der Waals surface area contributed by atoms with Crippen molar-refractivity contribution in [2.75, 3.05) is 13.2 Å². The average Bonchev–Trinajstić information content (AvgIpc) is 2.87. The fourth-order valence-corrected chi connectivity index (χ4v) is 3.29. The summed E-state index contributed by atoms with van der Waals surface area (Å²) in [5, 5.41) is 10.8. The Morgan fingerprint density at radius 2 is 1.80 bits per heavy atom. The topological polar surface area (TPSA) is 38.7 Å². The zero-order valence-corrected chi connectivity index (χ0v) is 12.0. The Balaban J connectivity index is 1.66. The maximum atomic E-state index is 13.1. The van der Waals surface area contributed by atoms with Gasteiger partial charge in [-0.3, -0.25) is 0 Å². The summed E-state index contributed by atoms with van der Waals surface area (Å²) in [6.45, 7) is 1.26. The minimum atomic E-state index is -0.790. The van der Waals surface area contributed by atoms with E-state index in [0.29, 0.717) is 45.3 Å². The zero-order chi connectivity index (χ0) is 14.2. The molecule has 5 heteroatoms. The molecule has 2 fully saturated rings. The van der Waals surface area contributed by atoms with Gasteiger partial charge in [0.15, 0.2) is 5.79 Å². The van der Waals surface area contributed by atoms with Crippen LogP contribution in [0.4, 0.5) is 4.39 Å². The standard InChI is InChI=1S/C15H18ClFO3/c16-12-9-11(1-2-13(12)17)10-14(18)3-5-15(6-4-14)19-7-8-20-15/h1-2,9,18H,3-8,10H2. The molecule has 0 atom stereocenters. The van der Waals surface area contributed by atoms with Crippen LogP contribution < -0.4 is 0 Å². The number of hydrogen-bond donors (Lipinski definition) is 1. The predicted molar refractivity (Wildman–Crippen MR) is 73.2 cm³/mol. The molecule has 1 aliphatic heterocycles. The molecule has 3 nitrogen and oxygen atoms in total. The molecule has 1 saturated heterocycles. The quantitative estimate of drug-likeness (QED) is 0.912. The Bertz CT molecular complexity index is 490. The van der Waals surface area contributed by atoms with E-state index in [4.69, 9.17) is 21.1 Å². The van der Waals surface area contributed by atoms with Crippen molar-refractivity contribution in [3.8, 4) is 0 Å². The summed E-state index contributed by atoms with van der Waals surface area (Å²) in [5.41, 5.74) is 0.0601. The molecule has 110 valence electrons.